The molecule has 6 nitrogen and oxygen atoms in total. The van der Waals surface area contributed by atoms with Crippen molar-refractivity contribution in [3.63, 3.8) is 0 Å². The summed E-state index contributed by atoms with van der Waals surface area (Å²) in [5, 5.41) is 10.6. The van der Waals surface area contributed by atoms with Crippen LogP contribution in [-0.2, 0) is 6.18 Å². The lowest BCUT2D eigenvalue weighted by molar-refractivity contribution is -0.137. The van der Waals surface area contributed by atoms with E-state index in [1.54, 1.807) is 0 Å². The molecule has 1 saturated heterocycles. The van der Waals surface area contributed by atoms with Gasteiger partial charge in [0, 0.05) is 18.3 Å². The number of nitrogens with zero attached hydrogens (tertiary/aromatic N) is 3. The number of rotatable bonds is 4. The van der Waals surface area contributed by atoms with Crippen LogP contribution in [0.1, 0.15) is 61.1 Å². The number of pyridine rings is 1. The van der Waals surface area contributed by atoms with Gasteiger partial charge in [-0.15, -0.1) is 0 Å². The van der Waals surface area contributed by atoms with E-state index < -0.39 is 11.7 Å². The van der Waals surface area contributed by atoms with Gasteiger partial charge in [0.25, 0.3) is 5.91 Å². The first-order valence-electron chi connectivity index (χ1n) is 9.34. The second kappa shape index (κ2) is 7.90. The monoisotopic (exact) mass is 395 g/mol. The molecule has 0 aromatic carbocycles. The Bertz CT molecular complexity index is 829. The predicted molar refractivity (Wildman–Crippen MR) is 98.4 cm³/mol. The molecule has 0 spiro atoms. The van der Waals surface area contributed by atoms with Crippen molar-refractivity contribution in [2.45, 2.75) is 57.8 Å². The SMILES string of the molecule is CC(C)c1c(C(=O)NC2CCCNC2C)cnn1-c1ccc(C(F)(F)F)cn1. The highest BCUT2D eigenvalue weighted by Gasteiger charge is 2.31. The van der Waals surface area contributed by atoms with Crippen molar-refractivity contribution in [3.05, 3.63) is 41.3 Å². The van der Waals surface area contributed by atoms with Crippen LogP contribution in [0.4, 0.5) is 13.2 Å². The molecule has 1 aliphatic rings. The van der Waals surface area contributed by atoms with Crippen LogP contribution in [0.2, 0.25) is 0 Å². The molecule has 1 amide bonds. The minimum Gasteiger partial charge on any atom is -0.348 e. The van der Waals surface area contributed by atoms with Crippen LogP contribution < -0.4 is 10.6 Å². The fourth-order valence-electron chi connectivity index (χ4n) is 3.44. The molecule has 3 rings (SSSR count). The van der Waals surface area contributed by atoms with Crippen molar-refractivity contribution in [1.29, 1.82) is 0 Å². The van der Waals surface area contributed by atoms with Crippen LogP contribution in [0.25, 0.3) is 5.82 Å². The van der Waals surface area contributed by atoms with E-state index in [-0.39, 0.29) is 29.7 Å². The van der Waals surface area contributed by atoms with E-state index in [2.05, 4.69) is 20.7 Å². The molecule has 152 valence electrons. The van der Waals surface area contributed by atoms with E-state index >= 15 is 0 Å². The Hall–Kier alpha value is -2.42. The largest absolute Gasteiger partial charge is 0.417 e. The van der Waals surface area contributed by atoms with E-state index in [1.807, 2.05) is 20.8 Å². The molecule has 0 aliphatic carbocycles. The van der Waals surface area contributed by atoms with Gasteiger partial charge >= 0.3 is 6.18 Å². The third-order valence-electron chi connectivity index (χ3n) is 4.97. The second-order valence-electron chi connectivity index (χ2n) is 7.38. The van der Waals surface area contributed by atoms with Gasteiger partial charge in [0.1, 0.15) is 0 Å². The van der Waals surface area contributed by atoms with Gasteiger partial charge in [-0.05, 0) is 44.4 Å². The lowest BCUT2D eigenvalue weighted by atomic mass is 9.99. The molecule has 2 unspecified atom stereocenters. The maximum Gasteiger partial charge on any atom is 0.417 e. The van der Waals surface area contributed by atoms with Crippen LogP contribution >= 0.6 is 0 Å². The van der Waals surface area contributed by atoms with Crippen molar-refractivity contribution in [2.75, 3.05) is 6.54 Å². The normalized spacial score (nSPS) is 20.4. The zero-order valence-electron chi connectivity index (χ0n) is 16.0. The summed E-state index contributed by atoms with van der Waals surface area (Å²) >= 11 is 0. The average molecular weight is 395 g/mol. The highest BCUT2D eigenvalue weighted by molar-refractivity contribution is 5.95. The Balaban J connectivity index is 1.88. The molecule has 1 aliphatic heterocycles. The Morgan fingerprint density at radius 3 is 2.64 bits per heavy atom. The Morgan fingerprint density at radius 1 is 1.32 bits per heavy atom. The van der Waals surface area contributed by atoms with Gasteiger partial charge in [0.2, 0.25) is 0 Å². The van der Waals surface area contributed by atoms with Gasteiger partial charge in [0.15, 0.2) is 5.82 Å². The molecule has 0 bridgehead atoms. The zero-order chi connectivity index (χ0) is 20.5. The molecule has 0 saturated carbocycles. The highest BCUT2D eigenvalue weighted by Crippen LogP contribution is 2.29. The molecule has 2 atom stereocenters. The fourth-order valence-corrected chi connectivity index (χ4v) is 3.44. The van der Waals surface area contributed by atoms with Crippen molar-refractivity contribution in [1.82, 2.24) is 25.4 Å². The predicted octanol–water partition coefficient (Wildman–Crippen LogP) is 3.28. The summed E-state index contributed by atoms with van der Waals surface area (Å²) in [6, 6.07) is 2.42. The Morgan fingerprint density at radius 2 is 2.07 bits per heavy atom. The molecular weight excluding hydrogens is 371 g/mol. The van der Waals surface area contributed by atoms with Gasteiger partial charge in [-0.2, -0.15) is 18.3 Å². The average Bonchev–Trinajstić information content (AvgIpc) is 3.08. The molecule has 28 heavy (non-hydrogen) atoms. The van der Waals surface area contributed by atoms with Crippen LogP contribution in [0.15, 0.2) is 24.5 Å². The van der Waals surface area contributed by atoms with Gasteiger partial charge in [-0.25, -0.2) is 9.67 Å². The van der Waals surface area contributed by atoms with Gasteiger partial charge in [-0.3, -0.25) is 4.79 Å². The molecule has 2 N–H and O–H groups in total. The fraction of sp³-hybridized carbons (Fsp3) is 0.526. The van der Waals surface area contributed by atoms with Crippen LogP contribution in [0, 0.1) is 0 Å². The number of piperidine rings is 1. The third-order valence-corrected chi connectivity index (χ3v) is 4.97. The first-order valence-corrected chi connectivity index (χ1v) is 9.34. The molecule has 2 aromatic rings. The summed E-state index contributed by atoms with van der Waals surface area (Å²) in [7, 11) is 0. The number of nitrogens with one attached hydrogen (secondary N) is 2. The minimum atomic E-state index is -4.45. The zero-order valence-corrected chi connectivity index (χ0v) is 16.0. The molecule has 0 radical (unpaired) electrons. The number of aromatic nitrogens is 3. The summed E-state index contributed by atoms with van der Waals surface area (Å²) in [6.07, 6.45) is -0.347. The van der Waals surface area contributed by atoms with E-state index in [9.17, 15) is 18.0 Å². The summed E-state index contributed by atoms with van der Waals surface area (Å²) in [6.45, 7) is 6.77. The van der Waals surface area contributed by atoms with E-state index in [1.165, 1.54) is 16.9 Å². The molecule has 3 heterocycles. The number of carbonyl (C=O) groups is 1. The van der Waals surface area contributed by atoms with Crippen molar-refractivity contribution in [2.24, 2.45) is 0 Å². The summed E-state index contributed by atoms with van der Waals surface area (Å²) in [4.78, 5) is 16.8. The lowest BCUT2D eigenvalue weighted by Gasteiger charge is -2.30. The third kappa shape index (κ3) is 4.19. The van der Waals surface area contributed by atoms with E-state index in [4.69, 9.17) is 0 Å². The smallest absolute Gasteiger partial charge is 0.348 e. The molecular formula is C19H24F3N5O. The van der Waals surface area contributed by atoms with Gasteiger partial charge in [-0.1, -0.05) is 13.8 Å². The Kier molecular flexibility index (Phi) is 5.74. The van der Waals surface area contributed by atoms with E-state index in [0.29, 0.717) is 11.3 Å². The molecule has 2 aromatic heterocycles. The standard InChI is InChI=1S/C19H24F3N5O/c1-11(2)17-14(18(28)26-15-5-4-8-23-12(15)3)10-25-27(17)16-7-6-13(9-24-16)19(20,21)22/h6-7,9-12,15,23H,4-5,8H2,1-3H3,(H,26,28). The van der Waals surface area contributed by atoms with Crippen LogP contribution in [0.5, 0.6) is 0 Å². The topological polar surface area (TPSA) is 71.8 Å². The first kappa shape index (κ1) is 20.3. The number of hydrogen-bond acceptors (Lipinski definition) is 4. The maximum atomic E-state index is 12.9. The number of amides is 1. The summed E-state index contributed by atoms with van der Waals surface area (Å²) in [5.74, 6) is -0.0693. The minimum absolute atomic E-state index is 0.0220. The summed E-state index contributed by atoms with van der Waals surface area (Å²) in [5.41, 5.74) is 0.196. The van der Waals surface area contributed by atoms with Gasteiger partial charge in [0.05, 0.1) is 23.0 Å². The van der Waals surface area contributed by atoms with Crippen molar-refractivity contribution < 1.29 is 18.0 Å². The number of carbonyl (C=O) groups excluding carboxylic acids is 1. The highest BCUT2D eigenvalue weighted by atomic mass is 19.4. The maximum absolute atomic E-state index is 12.9. The summed E-state index contributed by atoms with van der Waals surface area (Å²) < 4.78 is 39.8. The number of hydrogen-bond donors (Lipinski definition) is 2. The Labute approximate surface area is 161 Å². The quantitative estimate of drug-likeness (QED) is 0.834. The molecule has 9 heteroatoms. The van der Waals surface area contributed by atoms with E-state index in [0.717, 1.165) is 31.6 Å². The van der Waals surface area contributed by atoms with Gasteiger partial charge < -0.3 is 10.6 Å². The number of alkyl halides is 3. The van der Waals surface area contributed by atoms with Crippen LogP contribution in [-0.4, -0.2) is 39.3 Å². The van der Waals surface area contributed by atoms with Crippen molar-refractivity contribution in [3.8, 4) is 5.82 Å². The van der Waals surface area contributed by atoms with Crippen LogP contribution in [0.3, 0.4) is 0 Å². The first-order chi connectivity index (χ1) is 13.2. The lowest BCUT2D eigenvalue weighted by Crippen LogP contribution is -2.52. The second-order valence-corrected chi connectivity index (χ2v) is 7.38. The molecule has 1 fully saturated rings. The van der Waals surface area contributed by atoms with Crippen molar-refractivity contribution >= 4 is 5.91 Å². The number of halogens is 3.